The van der Waals surface area contributed by atoms with Crippen molar-refractivity contribution in [2.75, 3.05) is 0 Å². The number of benzene rings is 3. The number of halogens is 2. The second-order valence-corrected chi connectivity index (χ2v) is 7.51. The van der Waals surface area contributed by atoms with Crippen LogP contribution in [0.25, 0.3) is 11.1 Å². The topological polar surface area (TPSA) is 66.8 Å². The van der Waals surface area contributed by atoms with Crippen LogP contribution in [0.4, 0.5) is 0 Å². The Kier molecular flexibility index (Phi) is 7.29. The van der Waals surface area contributed by atoms with Crippen molar-refractivity contribution < 1.29 is 19.7 Å². The van der Waals surface area contributed by atoms with Crippen molar-refractivity contribution in [1.29, 1.82) is 0 Å². The maximum atomic E-state index is 12.0. The highest BCUT2D eigenvalue weighted by Crippen LogP contribution is 2.27. The smallest absolute Gasteiger partial charge is 0.343 e. The van der Waals surface area contributed by atoms with Crippen LogP contribution in [0.5, 0.6) is 5.75 Å². The second kappa shape index (κ2) is 9.90. The molecule has 0 aliphatic heterocycles. The fraction of sp³-hybridized carbons (Fsp3) is 0.174. The Morgan fingerprint density at radius 3 is 2.10 bits per heavy atom. The number of aliphatic hydroxyl groups is 2. The van der Waals surface area contributed by atoms with E-state index in [1.807, 2.05) is 36.4 Å². The van der Waals surface area contributed by atoms with Gasteiger partial charge in [0.1, 0.15) is 5.75 Å². The molecule has 2 N–H and O–H groups in total. The Hall–Kier alpha value is -2.37. The number of aryl methyl sites for hydroxylation is 1. The van der Waals surface area contributed by atoms with E-state index in [0.29, 0.717) is 22.2 Å². The molecule has 0 radical (unpaired) electrons. The van der Waals surface area contributed by atoms with Crippen LogP contribution in [0, 0.1) is 0 Å². The average molecular weight is 431 g/mol. The van der Waals surface area contributed by atoms with E-state index in [9.17, 15) is 15.0 Å². The van der Waals surface area contributed by atoms with Crippen LogP contribution in [-0.2, 0) is 11.2 Å². The lowest BCUT2D eigenvalue weighted by Gasteiger charge is -2.16. The molecule has 0 aliphatic rings. The number of hydrogen-bond donors (Lipinski definition) is 2. The van der Waals surface area contributed by atoms with E-state index in [-0.39, 0.29) is 6.42 Å². The standard InChI is InChI=1S/C23H20Cl2O4/c24-18-12-17(13-19(25)14-18)16-9-6-15(7-10-16)8-11-21(26)22(27)23(28)29-20-4-2-1-3-5-20/h1-7,9-10,12-14,21-22,26-27H,8,11H2. The summed E-state index contributed by atoms with van der Waals surface area (Å²) in [4.78, 5) is 12.0. The van der Waals surface area contributed by atoms with E-state index in [4.69, 9.17) is 27.9 Å². The summed E-state index contributed by atoms with van der Waals surface area (Å²) >= 11 is 12.1. The molecule has 6 heteroatoms. The molecule has 29 heavy (non-hydrogen) atoms. The normalized spacial score (nSPS) is 13.0. The van der Waals surface area contributed by atoms with Crippen LogP contribution >= 0.6 is 23.2 Å². The number of ether oxygens (including phenoxy) is 1. The minimum atomic E-state index is -1.61. The number of carbonyl (C=O) groups is 1. The molecule has 0 spiro atoms. The number of hydrogen-bond acceptors (Lipinski definition) is 4. The first-order valence-electron chi connectivity index (χ1n) is 9.10. The fourth-order valence-electron chi connectivity index (χ4n) is 2.88. The van der Waals surface area contributed by atoms with Crippen LogP contribution in [0.2, 0.25) is 10.0 Å². The first-order valence-corrected chi connectivity index (χ1v) is 9.86. The van der Waals surface area contributed by atoms with Crippen molar-refractivity contribution in [3.05, 3.63) is 88.4 Å². The zero-order valence-corrected chi connectivity index (χ0v) is 17.0. The predicted molar refractivity (Wildman–Crippen MR) is 114 cm³/mol. The van der Waals surface area contributed by atoms with Crippen molar-refractivity contribution in [2.45, 2.75) is 25.0 Å². The SMILES string of the molecule is O=C(Oc1ccccc1)C(O)C(O)CCc1ccc(-c2cc(Cl)cc(Cl)c2)cc1. The molecule has 3 aromatic rings. The summed E-state index contributed by atoms with van der Waals surface area (Å²) in [6.45, 7) is 0. The Labute approximate surface area is 179 Å². The molecule has 0 aromatic heterocycles. The number of rotatable bonds is 7. The molecule has 3 aromatic carbocycles. The van der Waals surface area contributed by atoms with Crippen LogP contribution in [-0.4, -0.2) is 28.4 Å². The molecule has 0 heterocycles. The van der Waals surface area contributed by atoms with Crippen molar-refractivity contribution >= 4 is 29.2 Å². The molecule has 0 aliphatic carbocycles. The van der Waals surface area contributed by atoms with E-state index in [2.05, 4.69) is 0 Å². The van der Waals surface area contributed by atoms with Crippen LogP contribution in [0.15, 0.2) is 72.8 Å². The summed E-state index contributed by atoms with van der Waals surface area (Å²) < 4.78 is 5.06. The molecule has 3 rings (SSSR count). The van der Waals surface area contributed by atoms with Gasteiger partial charge >= 0.3 is 5.97 Å². The second-order valence-electron chi connectivity index (χ2n) is 6.64. The molecule has 150 valence electrons. The van der Waals surface area contributed by atoms with E-state index in [0.717, 1.165) is 16.7 Å². The molecular weight excluding hydrogens is 411 g/mol. The van der Waals surface area contributed by atoms with Gasteiger partial charge in [0.2, 0.25) is 0 Å². The Morgan fingerprint density at radius 2 is 1.48 bits per heavy atom. The highest BCUT2D eigenvalue weighted by Gasteiger charge is 2.26. The minimum Gasteiger partial charge on any atom is -0.425 e. The van der Waals surface area contributed by atoms with Crippen molar-refractivity contribution in [3.63, 3.8) is 0 Å². The van der Waals surface area contributed by atoms with Crippen LogP contribution in [0.3, 0.4) is 0 Å². The summed E-state index contributed by atoms with van der Waals surface area (Å²) in [5, 5.41) is 21.3. The fourth-order valence-corrected chi connectivity index (χ4v) is 3.40. The van der Waals surface area contributed by atoms with Gasteiger partial charge in [0.05, 0.1) is 6.10 Å². The van der Waals surface area contributed by atoms with Gasteiger partial charge in [-0.05, 0) is 59.9 Å². The first kappa shape index (κ1) is 21.3. The third kappa shape index (κ3) is 6.05. The van der Waals surface area contributed by atoms with Crippen LogP contribution in [0.1, 0.15) is 12.0 Å². The van der Waals surface area contributed by atoms with Gasteiger partial charge in [-0.15, -0.1) is 0 Å². The van der Waals surface area contributed by atoms with Gasteiger partial charge in [-0.25, -0.2) is 4.79 Å². The zero-order chi connectivity index (χ0) is 20.8. The lowest BCUT2D eigenvalue weighted by molar-refractivity contribution is -0.150. The van der Waals surface area contributed by atoms with Gasteiger partial charge in [-0.1, -0.05) is 65.7 Å². The largest absolute Gasteiger partial charge is 0.425 e. The zero-order valence-electron chi connectivity index (χ0n) is 15.5. The molecule has 2 atom stereocenters. The first-order chi connectivity index (χ1) is 13.9. The summed E-state index contributed by atoms with van der Waals surface area (Å²) in [6, 6.07) is 21.5. The highest BCUT2D eigenvalue weighted by atomic mass is 35.5. The molecule has 0 saturated carbocycles. The van der Waals surface area contributed by atoms with Crippen molar-refractivity contribution in [2.24, 2.45) is 0 Å². The third-order valence-corrected chi connectivity index (χ3v) is 4.88. The number of aliphatic hydroxyl groups excluding tert-OH is 2. The Balaban J connectivity index is 1.55. The molecule has 0 amide bonds. The molecule has 0 saturated heterocycles. The van der Waals surface area contributed by atoms with Gasteiger partial charge in [-0.2, -0.15) is 0 Å². The molecule has 2 unspecified atom stereocenters. The van der Waals surface area contributed by atoms with Crippen molar-refractivity contribution in [3.8, 4) is 16.9 Å². The van der Waals surface area contributed by atoms with E-state index < -0.39 is 18.2 Å². The molecule has 4 nitrogen and oxygen atoms in total. The lowest BCUT2D eigenvalue weighted by atomic mass is 10.00. The van der Waals surface area contributed by atoms with E-state index in [1.54, 1.807) is 36.4 Å². The molecule has 0 fully saturated rings. The van der Waals surface area contributed by atoms with E-state index in [1.165, 1.54) is 0 Å². The number of esters is 1. The maximum absolute atomic E-state index is 12.0. The monoisotopic (exact) mass is 430 g/mol. The number of carbonyl (C=O) groups excluding carboxylic acids is 1. The van der Waals surface area contributed by atoms with Gasteiger partial charge in [0, 0.05) is 10.0 Å². The van der Waals surface area contributed by atoms with Gasteiger partial charge in [-0.3, -0.25) is 0 Å². The van der Waals surface area contributed by atoms with E-state index >= 15 is 0 Å². The van der Waals surface area contributed by atoms with Gasteiger partial charge < -0.3 is 14.9 Å². The Bertz CT molecular complexity index is 938. The lowest BCUT2D eigenvalue weighted by Crippen LogP contribution is -2.37. The minimum absolute atomic E-state index is 0.216. The van der Waals surface area contributed by atoms with Gasteiger partial charge in [0.25, 0.3) is 0 Å². The summed E-state index contributed by atoms with van der Waals surface area (Å²) in [5.41, 5.74) is 2.84. The summed E-state index contributed by atoms with van der Waals surface area (Å²) in [5.74, 6) is -0.558. The number of para-hydroxylation sites is 1. The van der Waals surface area contributed by atoms with Crippen molar-refractivity contribution in [1.82, 2.24) is 0 Å². The molecular formula is C23H20Cl2O4. The maximum Gasteiger partial charge on any atom is 0.343 e. The Morgan fingerprint density at radius 1 is 0.862 bits per heavy atom. The third-order valence-electron chi connectivity index (χ3n) is 4.45. The summed E-state index contributed by atoms with van der Waals surface area (Å²) in [6.07, 6.45) is -2.12. The quantitative estimate of drug-likeness (QED) is 0.412. The average Bonchev–Trinajstić information content (AvgIpc) is 2.72. The highest BCUT2D eigenvalue weighted by molar-refractivity contribution is 6.35. The van der Waals surface area contributed by atoms with Crippen LogP contribution < -0.4 is 4.74 Å². The molecule has 0 bridgehead atoms. The summed E-state index contributed by atoms with van der Waals surface area (Å²) in [7, 11) is 0. The van der Waals surface area contributed by atoms with Gasteiger partial charge in [0.15, 0.2) is 6.10 Å². The predicted octanol–water partition coefficient (Wildman–Crippen LogP) is 4.92.